The topological polar surface area (TPSA) is 67.2 Å². The zero-order valence-corrected chi connectivity index (χ0v) is 13.7. The summed E-state index contributed by atoms with van der Waals surface area (Å²) in [6.07, 6.45) is 1.19. The molecule has 0 N–H and O–H groups in total. The highest BCUT2D eigenvalue weighted by Gasteiger charge is 2.71. The lowest BCUT2D eigenvalue weighted by molar-refractivity contribution is 0.117. The second-order valence-corrected chi connectivity index (χ2v) is 8.15. The van der Waals surface area contributed by atoms with E-state index < -0.39 is 20.5 Å². The average molecular weight is 358 g/mol. The Kier molecular flexibility index (Phi) is 4.24. The van der Waals surface area contributed by atoms with E-state index in [-0.39, 0.29) is 12.5 Å². The molecule has 0 amide bonds. The molecule has 0 aromatic heterocycles. The van der Waals surface area contributed by atoms with Crippen molar-refractivity contribution in [2.24, 2.45) is 5.41 Å². The lowest BCUT2D eigenvalue weighted by Gasteiger charge is -2.08. The van der Waals surface area contributed by atoms with Gasteiger partial charge in [-0.1, -0.05) is 28.1 Å². The van der Waals surface area contributed by atoms with E-state index in [1.807, 2.05) is 31.2 Å². The van der Waals surface area contributed by atoms with Crippen LogP contribution in [-0.2, 0) is 14.6 Å². The first-order valence-electron chi connectivity index (χ1n) is 6.30. The van der Waals surface area contributed by atoms with Gasteiger partial charge in [-0.3, -0.25) is 0 Å². The summed E-state index contributed by atoms with van der Waals surface area (Å²) in [7, 11) is -3.30. The summed E-state index contributed by atoms with van der Waals surface area (Å²) < 4.78 is 30.2. The highest BCUT2D eigenvalue weighted by Crippen LogP contribution is 2.62. The Labute approximate surface area is 127 Å². The molecule has 1 aliphatic carbocycles. The molecule has 3 atom stereocenters. The fraction of sp³-hybridized carbons (Fsp3) is 0.500. The van der Waals surface area contributed by atoms with Crippen molar-refractivity contribution in [2.45, 2.75) is 18.1 Å². The Morgan fingerprint density at radius 1 is 1.40 bits per heavy atom. The van der Waals surface area contributed by atoms with Crippen LogP contribution in [0.15, 0.2) is 28.7 Å². The first kappa shape index (κ1) is 15.5. The molecule has 3 unspecified atom stereocenters. The average Bonchev–Trinajstić information content (AvgIpc) is 3.07. The maximum Gasteiger partial charge on any atom is 0.152 e. The van der Waals surface area contributed by atoms with Crippen LogP contribution >= 0.6 is 15.9 Å². The molecule has 0 bridgehead atoms. The van der Waals surface area contributed by atoms with Crippen LogP contribution in [0.2, 0.25) is 0 Å². The minimum atomic E-state index is -3.30. The number of benzene rings is 1. The minimum absolute atomic E-state index is 0.151. The van der Waals surface area contributed by atoms with Crippen LogP contribution < -0.4 is 0 Å². The van der Waals surface area contributed by atoms with Gasteiger partial charge < -0.3 is 4.74 Å². The number of sulfone groups is 1. The summed E-state index contributed by atoms with van der Waals surface area (Å²) >= 11 is 3.35. The van der Waals surface area contributed by atoms with Crippen LogP contribution in [0, 0.1) is 16.7 Å². The lowest BCUT2D eigenvalue weighted by Crippen LogP contribution is -2.18. The fourth-order valence-corrected chi connectivity index (χ4v) is 4.90. The van der Waals surface area contributed by atoms with Gasteiger partial charge >= 0.3 is 0 Å². The Morgan fingerprint density at radius 3 is 2.45 bits per heavy atom. The van der Waals surface area contributed by atoms with Gasteiger partial charge in [0.15, 0.2) is 9.84 Å². The Balaban J connectivity index is 2.40. The number of rotatable bonds is 5. The van der Waals surface area contributed by atoms with Crippen molar-refractivity contribution in [3.63, 3.8) is 0 Å². The molecular formula is C14H16BrNO3S. The zero-order chi connectivity index (χ0) is 15.0. The quantitative estimate of drug-likeness (QED) is 0.811. The first-order valence-corrected chi connectivity index (χ1v) is 9.05. The van der Waals surface area contributed by atoms with Gasteiger partial charge in [-0.25, -0.2) is 8.42 Å². The van der Waals surface area contributed by atoms with Gasteiger partial charge in [0.25, 0.3) is 0 Å². The Hall–Kier alpha value is -0.900. The molecule has 1 aromatic rings. The number of hydrogen-bond donors (Lipinski definition) is 0. The third kappa shape index (κ3) is 2.62. The van der Waals surface area contributed by atoms with Crippen molar-refractivity contribution < 1.29 is 13.2 Å². The van der Waals surface area contributed by atoms with E-state index in [0.29, 0.717) is 6.61 Å². The summed E-state index contributed by atoms with van der Waals surface area (Å²) in [6, 6.07) is 9.62. The molecule has 20 heavy (non-hydrogen) atoms. The number of nitriles is 1. The van der Waals surface area contributed by atoms with Crippen molar-refractivity contribution in [3.05, 3.63) is 34.3 Å². The highest BCUT2D eigenvalue weighted by atomic mass is 79.9. The van der Waals surface area contributed by atoms with Gasteiger partial charge in [-0.15, -0.1) is 0 Å². The number of halogens is 1. The van der Waals surface area contributed by atoms with Gasteiger partial charge in [0, 0.05) is 23.3 Å². The minimum Gasteiger partial charge on any atom is -0.380 e. The molecule has 0 saturated heterocycles. The molecule has 0 radical (unpaired) electrons. The summed E-state index contributed by atoms with van der Waals surface area (Å²) in [4.78, 5) is 0. The third-order valence-corrected chi connectivity index (χ3v) is 5.84. The fourth-order valence-electron chi connectivity index (χ4n) is 2.78. The first-order chi connectivity index (χ1) is 9.36. The molecule has 2 rings (SSSR count). The summed E-state index contributed by atoms with van der Waals surface area (Å²) in [5.41, 5.74) is -0.0953. The van der Waals surface area contributed by atoms with E-state index in [2.05, 4.69) is 22.0 Å². The predicted octanol–water partition coefficient (Wildman–Crippen LogP) is 2.51. The highest BCUT2D eigenvalue weighted by molar-refractivity contribution is 9.10. The second-order valence-electron chi connectivity index (χ2n) is 5.07. The van der Waals surface area contributed by atoms with Crippen molar-refractivity contribution >= 4 is 25.8 Å². The van der Waals surface area contributed by atoms with Gasteiger partial charge in [-0.05, 0) is 24.6 Å². The van der Waals surface area contributed by atoms with Crippen LogP contribution in [0.5, 0.6) is 0 Å². The maximum atomic E-state index is 12.0. The van der Waals surface area contributed by atoms with E-state index in [1.165, 1.54) is 6.26 Å². The molecule has 0 aliphatic heterocycles. The van der Waals surface area contributed by atoms with Crippen LogP contribution in [-0.4, -0.2) is 33.1 Å². The number of hydrogen-bond acceptors (Lipinski definition) is 4. The summed E-state index contributed by atoms with van der Waals surface area (Å²) in [6.45, 7) is 2.45. The zero-order valence-electron chi connectivity index (χ0n) is 11.3. The predicted molar refractivity (Wildman–Crippen MR) is 80.1 cm³/mol. The number of nitrogens with zero attached hydrogens (tertiary/aromatic N) is 1. The van der Waals surface area contributed by atoms with Crippen molar-refractivity contribution in [2.75, 3.05) is 19.5 Å². The smallest absolute Gasteiger partial charge is 0.152 e. The number of ether oxygens (including phenoxy) is 1. The van der Waals surface area contributed by atoms with Crippen LogP contribution in [0.3, 0.4) is 0 Å². The monoisotopic (exact) mass is 357 g/mol. The van der Waals surface area contributed by atoms with Crippen molar-refractivity contribution in [3.8, 4) is 6.07 Å². The summed E-state index contributed by atoms with van der Waals surface area (Å²) in [5.74, 6) is -0.317. The van der Waals surface area contributed by atoms with Crippen molar-refractivity contribution in [1.82, 2.24) is 0 Å². The largest absolute Gasteiger partial charge is 0.380 e. The third-order valence-electron chi connectivity index (χ3n) is 3.70. The summed E-state index contributed by atoms with van der Waals surface area (Å²) in [5, 5.41) is 8.81. The van der Waals surface area contributed by atoms with E-state index in [1.54, 1.807) is 0 Å². The molecule has 4 nitrogen and oxygen atoms in total. The molecule has 1 saturated carbocycles. The van der Waals surface area contributed by atoms with E-state index in [0.717, 1.165) is 10.0 Å². The van der Waals surface area contributed by atoms with E-state index >= 15 is 0 Å². The maximum absolute atomic E-state index is 12.0. The molecule has 108 valence electrons. The molecule has 1 aliphatic rings. The second kappa shape index (κ2) is 5.47. The van der Waals surface area contributed by atoms with Gasteiger partial charge in [0.1, 0.15) is 5.41 Å². The molecule has 0 heterocycles. The molecule has 6 heteroatoms. The van der Waals surface area contributed by atoms with Crippen LogP contribution in [0.1, 0.15) is 18.4 Å². The normalized spacial score (nSPS) is 28.9. The molecule has 1 aromatic carbocycles. The van der Waals surface area contributed by atoms with Crippen LogP contribution in [0.4, 0.5) is 0 Å². The van der Waals surface area contributed by atoms with Crippen LogP contribution in [0.25, 0.3) is 0 Å². The van der Waals surface area contributed by atoms with Gasteiger partial charge in [0.2, 0.25) is 0 Å². The Bertz CT molecular complexity index is 635. The molecule has 0 spiro atoms. The lowest BCUT2D eigenvalue weighted by atomic mass is 10.0. The van der Waals surface area contributed by atoms with E-state index in [9.17, 15) is 13.7 Å². The SMILES string of the molecule is CCOCC1(C#N)C(c2ccc(Br)cc2)C1S(C)(=O)=O. The molecular weight excluding hydrogens is 342 g/mol. The van der Waals surface area contributed by atoms with Gasteiger partial charge in [0.05, 0.1) is 17.9 Å². The Morgan fingerprint density at radius 2 is 2.00 bits per heavy atom. The van der Waals surface area contributed by atoms with Gasteiger partial charge in [-0.2, -0.15) is 5.26 Å². The van der Waals surface area contributed by atoms with E-state index in [4.69, 9.17) is 4.74 Å². The standard InChI is InChI=1S/C14H16BrNO3S/c1-3-19-9-14(8-16)12(13(14)20(2,17)18)10-4-6-11(15)7-5-10/h4-7,12-13H,3,9H2,1-2H3. The van der Waals surface area contributed by atoms with Crippen molar-refractivity contribution in [1.29, 1.82) is 5.26 Å². The molecule has 1 fully saturated rings.